The van der Waals surface area contributed by atoms with E-state index in [1.807, 2.05) is 24.3 Å². The summed E-state index contributed by atoms with van der Waals surface area (Å²) in [6.45, 7) is 8.63. The molecule has 0 heterocycles. The predicted molar refractivity (Wildman–Crippen MR) is 83.6 cm³/mol. The van der Waals surface area contributed by atoms with E-state index in [1.165, 1.54) is 0 Å². The van der Waals surface area contributed by atoms with Crippen molar-refractivity contribution in [1.29, 1.82) is 0 Å². The molecule has 0 atom stereocenters. The van der Waals surface area contributed by atoms with Gasteiger partial charge in [0.05, 0.1) is 0 Å². The van der Waals surface area contributed by atoms with E-state index in [4.69, 9.17) is 23.8 Å². The lowest BCUT2D eigenvalue weighted by molar-refractivity contribution is 0.300. The number of nitrogens with zero attached hydrogens (tertiary/aromatic N) is 1. The molecule has 0 aromatic heterocycles. The summed E-state index contributed by atoms with van der Waals surface area (Å²) in [5, 5.41) is 4.02. The molecule has 1 aromatic rings. The maximum absolute atomic E-state index is 5.84. The highest BCUT2D eigenvalue weighted by atomic mass is 35.5. The molecule has 100 valence electrons. The minimum Gasteiger partial charge on any atom is -0.376 e. The van der Waals surface area contributed by atoms with Gasteiger partial charge in [-0.3, -0.25) is 0 Å². The Kier molecular flexibility index (Phi) is 7.25. The van der Waals surface area contributed by atoms with E-state index in [0.29, 0.717) is 0 Å². The monoisotopic (exact) mass is 284 g/mol. The van der Waals surface area contributed by atoms with E-state index < -0.39 is 0 Å². The third-order valence-electron chi connectivity index (χ3n) is 2.94. The quantitative estimate of drug-likeness (QED) is 0.611. The summed E-state index contributed by atoms with van der Waals surface area (Å²) in [6, 6.07) is 7.62. The van der Waals surface area contributed by atoms with Crippen molar-refractivity contribution in [3.8, 4) is 0 Å². The first-order valence-electron chi connectivity index (χ1n) is 6.43. The highest BCUT2D eigenvalue weighted by Gasteiger charge is 2.01. The molecule has 0 saturated heterocycles. The fourth-order valence-corrected chi connectivity index (χ4v) is 2.11. The fraction of sp³-hybridized carbons (Fsp3) is 0.500. The van der Waals surface area contributed by atoms with Crippen LogP contribution < -0.4 is 5.32 Å². The van der Waals surface area contributed by atoms with Gasteiger partial charge in [-0.15, -0.1) is 0 Å². The Morgan fingerprint density at radius 3 is 2.39 bits per heavy atom. The van der Waals surface area contributed by atoms with Crippen molar-refractivity contribution < 1.29 is 0 Å². The average molecular weight is 285 g/mol. The highest BCUT2D eigenvalue weighted by Crippen LogP contribution is 2.09. The van der Waals surface area contributed by atoms with Crippen molar-refractivity contribution in [2.24, 2.45) is 0 Å². The summed E-state index contributed by atoms with van der Waals surface area (Å²) in [6.07, 6.45) is 1.11. The first-order chi connectivity index (χ1) is 8.67. The van der Waals surface area contributed by atoms with Crippen molar-refractivity contribution in [3.05, 3.63) is 34.9 Å². The Bertz CT molecular complexity index is 361. The van der Waals surface area contributed by atoms with Crippen LogP contribution in [0.3, 0.4) is 0 Å². The summed E-state index contributed by atoms with van der Waals surface area (Å²) >= 11 is 11.2. The van der Waals surface area contributed by atoms with Gasteiger partial charge in [-0.05, 0) is 38.2 Å². The molecule has 0 amide bonds. The maximum Gasteiger partial charge on any atom is 0.106 e. The predicted octanol–water partition coefficient (Wildman–Crippen LogP) is 3.34. The Balaban J connectivity index is 2.27. The molecule has 1 N–H and O–H groups in total. The third-order valence-corrected chi connectivity index (χ3v) is 3.57. The molecule has 18 heavy (non-hydrogen) atoms. The molecule has 4 heteroatoms. The largest absolute Gasteiger partial charge is 0.376 e. The summed E-state index contributed by atoms with van der Waals surface area (Å²) in [5.74, 6) is 0. The van der Waals surface area contributed by atoms with Gasteiger partial charge in [-0.1, -0.05) is 49.8 Å². The molecule has 0 aliphatic heterocycles. The molecule has 0 radical (unpaired) electrons. The average Bonchev–Trinajstić information content (AvgIpc) is 2.39. The van der Waals surface area contributed by atoms with Gasteiger partial charge < -0.3 is 10.2 Å². The Morgan fingerprint density at radius 1 is 1.22 bits per heavy atom. The minimum atomic E-state index is 0.739. The van der Waals surface area contributed by atoms with E-state index in [-0.39, 0.29) is 0 Å². The second kappa shape index (κ2) is 8.46. The van der Waals surface area contributed by atoms with Gasteiger partial charge in [-0.2, -0.15) is 0 Å². The molecule has 1 aromatic carbocycles. The highest BCUT2D eigenvalue weighted by molar-refractivity contribution is 7.80. The Hall–Kier alpha value is -0.640. The zero-order valence-corrected chi connectivity index (χ0v) is 12.7. The van der Waals surface area contributed by atoms with Crippen molar-refractivity contribution in [2.45, 2.75) is 20.3 Å². The molecule has 0 aliphatic carbocycles. The zero-order valence-electron chi connectivity index (χ0n) is 11.1. The fourth-order valence-electron chi connectivity index (χ4n) is 1.75. The topological polar surface area (TPSA) is 15.3 Å². The van der Waals surface area contributed by atoms with E-state index >= 15 is 0 Å². The lowest BCUT2D eigenvalue weighted by Crippen LogP contribution is -2.29. The van der Waals surface area contributed by atoms with Crippen LogP contribution in [0.15, 0.2) is 24.3 Å². The van der Waals surface area contributed by atoms with Gasteiger partial charge in [0.2, 0.25) is 0 Å². The van der Waals surface area contributed by atoms with Gasteiger partial charge >= 0.3 is 0 Å². The van der Waals surface area contributed by atoms with Crippen LogP contribution in [-0.2, 0) is 0 Å². The van der Waals surface area contributed by atoms with Crippen molar-refractivity contribution in [2.75, 3.05) is 26.2 Å². The summed E-state index contributed by atoms with van der Waals surface area (Å²) in [7, 11) is 0. The molecule has 0 spiro atoms. The number of nitrogens with one attached hydrogen (secondary N) is 1. The van der Waals surface area contributed by atoms with Crippen LogP contribution in [-0.4, -0.2) is 36.1 Å². The first kappa shape index (κ1) is 15.4. The van der Waals surface area contributed by atoms with E-state index in [0.717, 1.165) is 48.2 Å². The van der Waals surface area contributed by atoms with Crippen LogP contribution in [0.2, 0.25) is 5.02 Å². The van der Waals surface area contributed by atoms with Gasteiger partial charge in [0.1, 0.15) is 4.99 Å². The van der Waals surface area contributed by atoms with Crippen LogP contribution in [0.25, 0.3) is 0 Å². The molecule has 1 rings (SSSR count). The number of hydrogen-bond acceptors (Lipinski definition) is 2. The van der Waals surface area contributed by atoms with Gasteiger partial charge in [0.15, 0.2) is 0 Å². The molecule has 0 unspecified atom stereocenters. The summed E-state index contributed by atoms with van der Waals surface area (Å²) in [5.41, 5.74) is 1.03. The SMILES string of the molecule is CCN(CC)CCCNC(=S)c1ccc(Cl)cc1. The molecule has 0 bridgehead atoms. The number of rotatable bonds is 7. The van der Waals surface area contributed by atoms with Crippen molar-refractivity contribution >= 4 is 28.8 Å². The first-order valence-corrected chi connectivity index (χ1v) is 7.22. The molecule has 0 fully saturated rings. The van der Waals surface area contributed by atoms with Crippen molar-refractivity contribution in [1.82, 2.24) is 10.2 Å². The van der Waals surface area contributed by atoms with Crippen molar-refractivity contribution in [3.63, 3.8) is 0 Å². The number of hydrogen-bond donors (Lipinski definition) is 1. The van der Waals surface area contributed by atoms with Crippen LogP contribution in [0.4, 0.5) is 0 Å². The molecule has 2 nitrogen and oxygen atoms in total. The van der Waals surface area contributed by atoms with E-state index in [9.17, 15) is 0 Å². The van der Waals surface area contributed by atoms with E-state index in [2.05, 4.69) is 24.1 Å². The van der Waals surface area contributed by atoms with Gasteiger partial charge in [0, 0.05) is 17.1 Å². The minimum absolute atomic E-state index is 0.739. The lowest BCUT2D eigenvalue weighted by Gasteiger charge is -2.18. The molecular weight excluding hydrogens is 264 g/mol. The third kappa shape index (κ3) is 5.34. The standard InChI is InChI=1S/C14H21ClN2S/c1-3-17(4-2)11-5-10-16-14(18)12-6-8-13(15)9-7-12/h6-9H,3-5,10-11H2,1-2H3,(H,16,18). The van der Waals surface area contributed by atoms with Crippen LogP contribution in [0.5, 0.6) is 0 Å². The van der Waals surface area contributed by atoms with Gasteiger partial charge in [-0.25, -0.2) is 0 Å². The molecule has 0 saturated carbocycles. The second-order valence-corrected chi connectivity index (χ2v) is 4.99. The number of halogens is 1. The maximum atomic E-state index is 5.84. The van der Waals surface area contributed by atoms with E-state index in [1.54, 1.807) is 0 Å². The number of benzene rings is 1. The summed E-state index contributed by atoms with van der Waals surface area (Å²) in [4.78, 5) is 3.21. The van der Waals surface area contributed by atoms with Gasteiger partial charge in [0.25, 0.3) is 0 Å². The lowest BCUT2D eigenvalue weighted by atomic mass is 10.2. The molecule has 0 aliphatic rings. The van der Waals surface area contributed by atoms with Crippen LogP contribution in [0.1, 0.15) is 25.8 Å². The number of thiocarbonyl (C=S) groups is 1. The normalized spacial score (nSPS) is 10.7. The smallest absolute Gasteiger partial charge is 0.106 e. The molecular formula is C14H21ClN2S. The second-order valence-electron chi connectivity index (χ2n) is 4.14. The Morgan fingerprint density at radius 2 is 1.83 bits per heavy atom. The summed E-state index contributed by atoms with van der Waals surface area (Å²) < 4.78 is 0. The van der Waals surface area contributed by atoms with Crippen LogP contribution >= 0.6 is 23.8 Å². The van der Waals surface area contributed by atoms with Crippen LogP contribution in [0, 0.1) is 0 Å². The zero-order chi connectivity index (χ0) is 13.4. The Labute approximate surface area is 120 Å².